The van der Waals surface area contributed by atoms with Crippen LogP contribution in [-0.2, 0) is 0 Å². The third-order valence-corrected chi connectivity index (χ3v) is 3.26. The number of methoxy groups -OCH3 is 1. The Balaban J connectivity index is 2.47. The van der Waals surface area contributed by atoms with E-state index in [9.17, 15) is 10.5 Å². The van der Waals surface area contributed by atoms with Crippen LogP contribution in [0.5, 0.6) is 5.75 Å². The molecule has 0 radical (unpaired) electrons. The summed E-state index contributed by atoms with van der Waals surface area (Å²) in [4.78, 5) is 4.37. The molecule has 0 amide bonds. The predicted molar refractivity (Wildman–Crippen MR) is 79.4 cm³/mol. The smallest absolute Gasteiger partial charge is 0.149 e. The van der Waals surface area contributed by atoms with Crippen LogP contribution in [0.4, 0.5) is 11.5 Å². The van der Waals surface area contributed by atoms with Crippen molar-refractivity contribution in [1.29, 1.82) is 10.5 Å². The van der Waals surface area contributed by atoms with E-state index in [2.05, 4.69) is 22.4 Å². The second kappa shape index (κ2) is 5.94. The van der Waals surface area contributed by atoms with Gasteiger partial charge in [0, 0.05) is 11.4 Å². The van der Waals surface area contributed by atoms with Gasteiger partial charge in [-0.2, -0.15) is 10.5 Å². The van der Waals surface area contributed by atoms with Gasteiger partial charge in [-0.05, 0) is 43.7 Å². The standard InChI is InChI=1S/C16H14N4O/c1-10-11(2)19-16(15(9-18)14(10)8-17)20-12-4-6-13(21-3)7-5-12/h4-7H,1-3H3,(H,19,20). The molecular formula is C16H14N4O. The molecule has 0 unspecified atom stereocenters. The van der Waals surface area contributed by atoms with Crippen molar-refractivity contribution in [2.45, 2.75) is 13.8 Å². The number of benzene rings is 1. The molecule has 0 aliphatic rings. The maximum Gasteiger partial charge on any atom is 0.149 e. The highest BCUT2D eigenvalue weighted by atomic mass is 16.5. The van der Waals surface area contributed by atoms with Gasteiger partial charge in [0.2, 0.25) is 0 Å². The summed E-state index contributed by atoms with van der Waals surface area (Å²) in [5.41, 5.74) is 2.85. The highest BCUT2D eigenvalue weighted by molar-refractivity contribution is 5.68. The van der Waals surface area contributed by atoms with Crippen molar-refractivity contribution in [3.63, 3.8) is 0 Å². The molecule has 21 heavy (non-hydrogen) atoms. The highest BCUT2D eigenvalue weighted by Crippen LogP contribution is 2.26. The summed E-state index contributed by atoms with van der Waals surface area (Å²) < 4.78 is 5.10. The minimum absolute atomic E-state index is 0.261. The molecule has 1 aromatic carbocycles. The number of hydrogen-bond acceptors (Lipinski definition) is 5. The highest BCUT2D eigenvalue weighted by Gasteiger charge is 2.15. The summed E-state index contributed by atoms with van der Waals surface area (Å²) in [7, 11) is 1.60. The maximum atomic E-state index is 9.30. The van der Waals surface area contributed by atoms with Crippen molar-refractivity contribution in [2.75, 3.05) is 12.4 Å². The van der Waals surface area contributed by atoms with Crippen LogP contribution < -0.4 is 10.1 Å². The summed E-state index contributed by atoms with van der Waals surface area (Å²) in [6.45, 7) is 3.61. The molecule has 1 aromatic heterocycles. The molecule has 0 bridgehead atoms. The van der Waals surface area contributed by atoms with Gasteiger partial charge in [0.05, 0.1) is 12.7 Å². The van der Waals surface area contributed by atoms with Gasteiger partial charge in [0.15, 0.2) is 0 Å². The molecule has 5 nitrogen and oxygen atoms in total. The quantitative estimate of drug-likeness (QED) is 0.932. The van der Waals surface area contributed by atoms with Crippen LogP contribution in [0.15, 0.2) is 24.3 Å². The maximum absolute atomic E-state index is 9.30. The Morgan fingerprint density at radius 3 is 2.19 bits per heavy atom. The predicted octanol–water partition coefficient (Wildman–Crippen LogP) is 3.19. The molecule has 104 valence electrons. The van der Waals surface area contributed by atoms with E-state index in [1.807, 2.05) is 19.1 Å². The molecule has 0 saturated heterocycles. The van der Waals surface area contributed by atoms with E-state index in [0.29, 0.717) is 11.4 Å². The normalized spacial score (nSPS) is 9.57. The number of hydrogen-bond donors (Lipinski definition) is 1. The first kappa shape index (κ1) is 14.4. The lowest BCUT2D eigenvalue weighted by Crippen LogP contribution is -2.04. The summed E-state index contributed by atoms with van der Waals surface area (Å²) >= 11 is 0. The van der Waals surface area contributed by atoms with Crippen LogP contribution in [0.2, 0.25) is 0 Å². The van der Waals surface area contributed by atoms with Crippen LogP contribution in [-0.4, -0.2) is 12.1 Å². The Morgan fingerprint density at radius 2 is 1.67 bits per heavy atom. The van der Waals surface area contributed by atoms with Crippen molar-refractivity contribution < 1.29 is 4.74 Å². The number of ether oxygens (including phenoxy) is 1. The number of nitriles is 2. The molecular weight excluding hydrogens is 264 g/mol. The fourth-order valence-corrected chi connectivity index (χ4v) is 1.94. The zero-order valence-corrected chi connectivity index (χ0v) is 12.1. The second-order valence-electron chi connectivity index (χ2n) is 4.50. The number of rotatable bonds is 3. The van der Waals surface area contributed by atoms with Gasteiger partial charge < -0.3 is 10.1 Å². The van der Waals surface area contributed by atoms with Gasteiger partial charge in [-0.15, -0.1) is 0 Å². The average Bonchev–Trinajstić information content (AvgIpc) is 2.51. The van der Waals surface area contributed by atoms with Crippen LogP contribution in [0, 0.1) is 36.5 Å². The summed E-state index contributed by atoms with van der Waals surface area (Å²) in [5.74, 6) is 1.13. The third kappa shape index (κ3) is 2.77. The Hall–Kier alpha value is -3.05. The number of anilines is 2. The van der Waals surface area contributed by atoms with Crippen molar-refractivity contribution >= 4 is 11.5 Å². The van der Waals surface area contributed by atoms with Gasteiger partial charge in [-0.3, -0.25) is 0 Å². The van der Waals surface area contributed by atoms with Gasteiger partial charge >= 0.3 is 0 Å². The first-order valence-corrected chi connectivity index (χ1v) is 6.33. The molecule has 0 atom stereocenters. The average molecular weight is 278 g/mol. The molecule has 5 heteroatoms. The largest absolute Gasteiger partial charge is 0.497 e. The van der Waals surface area contributed by atoms with Crippen molar-refractivity contribution in [3.05, 3.63) is 46.6 Å². The van der Waals surface area contributed by atoms with Gasteiger partial charge in [-0.25, -0.2) is 4.98 Å². The van der Waals surface area contributed by atoms with E-state index >= 15 is 0 Å². The van der Waals surface area contributed by atoms with E-state index < -0.39 is 0 Å². The van der Waals surface area contributed by atoms with E-state index in [0.717, 1.165) is 22.7 Å². The first-order chi connectivity index (χ1) is 10.1. The van der Waals surface area contributed by atoms with Crippen LogP contribution in [0.1, 0.15) is 22.4 Å². The van der Waals surface area contributed by atoms with Crippen LogP contribution >= 0.6 is 0 Å². The molecule has 0 fully saturated rings. The second-order valence-corrected chi connectivity index (χ2v) is 4.50. The molecule has 0 saturated carbocycles. The Kier molecular flexibility index (Phi) is 4.06. The van der Waals surface area contributed by atoms with Crippen molar-refractivity contribution in [1.82, 2.24) is 4.98 Å². The molecule has 2 rings (SSSR count). The van der Waals surface area contributed by atoms with E-state index in [4.69, 9.17) is 4.74 Å². The van der Waals surface area contributed by atoms with Gasteiger partial charge in [0.25, 0.3) is 0 Å². The molecule has 2 aromatic rings. The number of aromatic nitrogens is 1. The van der Waals surface area contributed by atoms with Crippen LogP contribution in [0.3, 0.4) is 0 Å². The molecule has 0 aliphatic heterocycles. The van der Waals surface area contributed by atoms with Crippen molar-refractivity contribution in [3.8, 4) is 17.9 Å². The van der Waals surface area contributed by atoms with Gasteiger partial charge in [0.1, 0.15) is 29.3 Å². The minimum atomic E-state index is 0.261. The van der Waals surface area contributed by atoms with Crippen LogP contribution in [0.25, 0.3) is 0 Å². The number of nitrogens with one attached hydrogen (secondary N) is 1. The summed E-state index contributed by atoms with van der Waals surface area (Å²) in [6, 6.07) is 11.4. The molecule has 1 N–H and O–H groups in total. The Labute approximate surface area is 123 Å². The topological polar surface area (TPSA) is 81.7 Å². The van der Waals surface area contributed by atoms with E-state index in [-0.39, 0.29) is 5.56 Å². The molecule has 1 heterocycles. The van der Waals surface area contributed by atoms with E-state index in [1.54, 1.807) is 26.2 Å². The lowest BCUT2D eigenvalue weighted by atomic mass is 10.0. The lowest BCUT2D eigenvalue weighted by molar-refractivity contribution is 0.415. The number of nitrogens with zero attached hydrogens (tertiary/aromatic N) is 3. The zero-order valence-electron chi connectivity index (χ0n) is 12.1. The summed E-state index contributed by atoms with van der Waals surface area (Å²) in [6.07, 6.45) is 0. The lowest BCUT2D eigenvalue weighted by Gasteiger charge is -2.12. The fraction of sp³-hybridized carbons (Fsp3) is 0.188. The molecule has 0 spiro atoms. The summed E-state index contributed by atoms with van der Waals surface area (Å²) in [5, 5.41) is 21.6. The SMILES string of the molecule is COc1ccc(Nc2nc(C)c(C)c(C#N)c2C#N)cc1. The zero-order chi connectivity index (χ0) is 15.4. The Bertz CT molecular complexity index is 752. The Morgan fingerprint density at radius 1 is 1.05 bits per heavy atom. The molecule has 0 aliphatic carbocycles. The first-order valence-electron chi connectivity index (χ1n) is 6.33. The third-order valence-electron chi connectivity index (χ3n) is 3.26. The van der Waals surface area contributed by atoms with E-state index in [1.165, 1.54) is 0 Å². The van der Waals surface area contributed by atoms with Crippen molar-refractivity contribution in [2.24, 2.45) is 0 Å². The number of aryl methyl sites for hydroxylation is 1. The monoisotopic (exact) mass is 278 g/mol. The fourth-order valence-electron chi connectivity index (χ4n) is 1.94. The van der Waals surface area contributed by atoms with Gasteiger partial charge in [-0.1, -0.05) is 0 Å². The number of pyridine rings is 1. The minimum Gasteiger partial charge on any atom is -0.497 e.